The van der Waals surface area contributed by atoms with E-state index in [-0.39, 0.29) is 0 Å². The normalized spacial score (nSPS) is 10.9. The Kier molecular flexibility index (Phi) is 3.99. The summed E-state index contributed by atoms with van der Waals surface area (Å²) in [6, 6.07) is 5.00. The van der Waals surface area contributed by atoms with E-state index in [1.54, 1.807) is 25.3 Å². The first-order valence-corrected chi connectivity index (χ1v) is 5.33. The van der Waals surface area contributed by atoms with Crippen LogP contribution in [0.5, 0.6) is 11.5 Å². The number of esters is 1. The number of rotatable bonds is 3. The van der Waals surface area contributed by atoms with Gasteiger partial charge in [-0.05, 0) is 32.9 Å². The van der Waals surface area contributed by atoms with E-state index < -0.39 is 11.6 Å². The topological polar surface area (TPSA) is 44.8 Å². The van der Waals surface area contributed by atoms with Crippen molar-refractivity contribution in [2.75, 3.05) is 14.2 Å². The van der Waals surface area contributed by atoms with Crippen molar-refractivity contribution in [2.45, 2.75) is 26.4 Å². The van der Waals surface area contributed by atoms with Gasteiger partial charge in [-0.2, -0.15) is 0 Å². The summed E-state index contributed by atoms with van der Waals surface area (Å²) in [7, 11) is 2.90. The molecule has 1 aromatic carbocycles. The summed E-state index contributed by atoms with van der Waals surface area (Å²) < 4.78 is 15.5. The maximum absolute atomic E-state index is 11.6. The second-order valence-corrected chi connectivity index (χ2v) is 4.57. The second-order valence-electron chi connectivity index (χ2n) is 4.57. The van der Waals surface area contributed by atoms with Crippen LogP contribution in [0.15, 0.2) is 18.2 Å². The summed E-state index contributed by atoms with van der Waals surface area (Å²) in [6.45, 7) is 5.73. The second kappa shape index (κ2) is 5.08. The molecular weight excluding hydrogens is 220 g/mol. The van der Waals surface area contributed by atoms with Crippen LogP contribution in [-0.2, 0) is 4.74 Å². The molecule has 0 heterocycles. The summed E-state index contributed by atoms with van der Waals surface area (Å²) in [5.74, 6) is 0.674. The average Bonchev–Trinajstić information content (AvgIpc) is 2.25. The van der Waals surface area contributed by atoms with Gasteiger partial charge in [0.25, 0.3) is 0 Å². The zero-order valence-electron chi connectivity index (χ0n) is 10.9. The molecular formula is C13H18O4. The first-order valence-electron chi connectivity index (χ1n) is 5.33. The Labute approximate surface area is 101 Å². The van der Waals surface area contributed by atoms with Gasteiger partial charge in [-0.3, -0.25) is 0 Å². The number of carbonyl (C=O) groups excluding carboxylic acids is 1. The summed E-state index contributed by atoms with van der Waals surface area (Å²) in [5.41, 5.74) is -0.00184. The van der Waals surface area contributed by atoms with Crippen molar-refractivity contribution in [3.05, 3.63) is 23.8 Å². The van der Waals surface area contributed by atoms with Gasteiger partial charge in [0.2, 0.25) is 0 Å². The van der Waals surface area contributed by atoms with Crippen LogP contribution >= 0.6 is 0 Å². The molecule has 17 heavy (non-hydrogen) atoms. The molecule has 0 saturated heterocycles. The fourth-order valence-electron chi connectivity index (χ4n) is 1.32. The zero-order chi connectivity index (χ0) is 13.1. The van der Waals surface area contributed by atoms with Crippen LogP contribution in [-0.4, -0.2) is 25.8 Å². The van der Waals surface area contributed by atoms with Gasteiger partial charge in [-0.15, -0.1) is 0 Å². The van der Waals surface area contributed by atoms with Gasteiger partial charge in [-0.25, -0.2) is 4.79 Å². The average molecular weight is 238 g/mol. The van der Waals surface area contributed by atoms with E-state index in [2.05, 4.69) is 0 Å². The standard InChI is InChI=1S/C13H18O4/c1-13(2,3)17-11-8-9(15-4)6-7-10(11)12(14)16-5/h6-8H,1-5H3. The third-order valence-electron chi connectivity index (χ3n) is 2.01. The SMILES string of the molecule is COC(=O)c1ccc(OC)cc1OC(C)(C)C. The Bertz CT molecular complexity index is 404. The predicted molar refractivity (Wildman–Crippen MR) is 64.7 cm³/mol. The quantitative estimate of drug-likeness (QED) is 0.759. The summed E-state index contributed by atoms with van der Waals surface area (Å²) >= 11 is 0. The first-order chi connectivity index (χ1) is 7.87. The van der Waals surface area contributed by atoms with Crippen LogP contribution in [0.25, 0.3) is 0 Å². The smallest absolute Gasteiger partial charge is 0.341 e. The van der Waals surface area contributed by atoms with Gasteiger partial charge in [-0.1, -0.05) is 0 Å². The van der Waals surface area contributed by atoms with Crippen LogP contribution in [0.1, 0.15) is 31.1 Å². The van der Waals surface area contributed by atoms with E-state index in [9.17, 15) is 4.79 Å². The minimum atomic E-state index is -0.424. The Hall–Kier alpha value is -1.71. The molecule has 0 aliphatic rings. The van der Waals surface area contributed by atoms with Crippen LogP contribution in [0, 0.1) is 0 Å². The fourth-order valence-corrected chi connectivity index (χ4v) is 1.32. The van der Waals surface area contributed by atoms with Gasteiger partial charge in [0.15, 0.2) is 0 Å². The molecule has 0 aliphatic carbocycles. The van der Waals surface area contributed by atoms with E-state index >= 15 is 0 Å². The highest BCUT2D eigenvalue weighted by molar-refractivity contribution is 5.92. The predicted octanol–water partition coefficient (Wildman–Crippen LogP) is 2.66. The molecule has 1 rings (SSSR count). The third-order valence-corrected chi connectivity index (χ3v) is 2.01. The fraction of sp³-hybridized carbons (Fsp3) is 0.462. The molecule has 0 bridgehead atoms. The van der Waals surface area contributed by atoms with E-state index in [1.165, 1.54) is 7.11 Å². The van der Waals surface area contributed by atoms with Gasteiger partial charge < -0.3 is 14.2 Å². The molecule has 0 amide bonds. The molecule has 0 fully saturated rings. The molecule has 0 aliphatic heterocycles. The highest BCUT2D eigenvalue weighted by Crippen LogP contribution is 2.28. The van der Waals surface area contributed by atoms with Crippen molar-refractivity contribution in [3.8, 4) is 11.5 Å². The Morgan fingerprint density at radius 1 is 1.18 bits per heavy atom. The zero-order valence-corrected chi connectivity index (χ0v) is 10.9. The summed E-state index contributed by atoms with van der Waals surface area (Å²) in [6.07, 6.45) is 0. The van der Waals surface area contributed by atoms with Crippen molar-refractivity contribution < 1.29 is 19.0 Å². The summed E-state index contributed by atoms with van der Waals surface area (Å²) in [4.78, 5) is 11.6. The third kappa shape index (κ3) is 3.66. The van der Waals surface area contributed by atoms with E-state index in [1.807, 2.05) is 20.8 Å². The number of carbonyl (C=O) groups is 1. The van der Waals surface area contributed by atoms with Crippen molar-refractivity contribution in [1.29, 1.82) is 0 Å². The lowest BCUT2D eigenvalue weighted by Crippen LogP contribution is -2.24. The lowest BCUT2D eigenvalue weighted by molar-refractivity contribution is 0.0586. The highest BCUT2D eigenvalue weighted by Gasteiger charge is 2.19. The summed E-state index contributed by atoms with van der Waals surface area (Å²) in [5, 5.41) is 0. The monoisotopic (exact) mass is 238 g/mol. The first kappa shape index (κ1) is 13.4. The van der Waals surface area contributed by atoms with Crippen LogP contribution < -0.4 is 9.47 Å². The molecule has 0 aromatic heterocycles. The van der Waals surface area contributed by atoms with Crippen LogP contribution in [0.4, 0.5) is 0 Å². The van der Waals surface area contributed by atoms with Crippen molar-refractivity contribution >= 4 is 5.97 Å². The Morgan fingerprint density at radius 2 is 1.82 bits per heavy atom. The van der Waals surface area contributed by atoms with Crippen molar-refractivity contribution in [3.63, 3.8) is 0 Å². The number of hydrogen-bond donors (Lipinski definition) is 0. The maximum atomic E-state index is 11.6. The molecule has 94 valence electrons. The number of methoxy groups -OCH3 is 2. The van der Waals surface area contributed by atoms with Gasteiger partial charge in [0.05, 0.1) is 14.2 Å². The van der Waals surface area contributed by atoms with E-state index in [0.717, 1.165) is 0 Å². The van der Waals surface area contributed by atoms with Crippen molar-refractivity contribution in [2.24, 2.45) is 0 Å². The Balaban J connectivity index is 3.16. The highest BCUT2D eigenvalue weighted by atomic mass is 16.5. The molecule has 4 heteroatoms. The van der Waals surface area contributed by atoms with E-state index in [0.29, 0.717) is 17.1 Å². The molecule has 0 spiro atoms. The molecule has 0 N–H and O–H groups in total. The van der Waals surface area contributed by atoms with Gasteiger partial charge in [0.1, 0.15) is 22.7 Å². The van der Waals surface area contributed by atoms with Crippen LogP contribution in [0.3, 0.4) is 0 Å². The van der Waals surface area contributed by atoms with Crippen LogP contribution in [0.2, 0.25) is 0 Å². The number of ether oxygens (including phenoxy) is 3. The number of benzene rings is 1. The van der Waals surface area contributed by atoms with Gasteiger partial charge >= 0.3 is 5.97 Å². The molecule has 1 aromatic rings. The largest absolute Gasteiger partial charge is 0.497 e. The molecule has 0 unspecified atom stereocenters. The Morgan fingerprint density at radius 3 is 2.29 bits per heavy atom. The molecule has 0 saturated carbocycles. The maximum Gasteiger partial charge on any atom is 0.341 e. The molecule has 4 nitrogen and oxygen atoms in total. The van der Waals surface area contributed by atoms with Crippen molar-refractivity contribution in [1.82, 2.24) is 0 Å². The lowest BCUT2D eigenvalue weighted by Gasteiger charge is -2.23. The minimum absolute atomic E-state index is 0.392. The lowest BCUT2D eigenvalue weighted by atomic mass is 10.1. The molecule has 0 radical (unpaired) electrons. The van der Waals surface area contributed by atoms with E-state index in [4.69, 9.17) is 14.2 Å². The minimum Gasteiger partial charge on any atom is -0.497 e. The molecule has 0 atom stereocenters. The van der Waals surface area contributed by atoms with Gasteiger partial charge in [0, 0.05) is 6.07 Å². The number of hydrogen-bond acceptors (Lipinski definition) is 4.